The predicted molar refractivity (Wildman–Crippen MR) is 148 cm³/mol. The van der Waals surface area contributed by atoms with Crippen LogP contribution >= 0.6 is 11.6 Å². The van der Waals surface area contributed by atoms with Crippen molar-refractivity contribution in [3.05, 3.63) is 107 Å². The lowest BCUT2D eigenvalue weighted by molar-refractivity contribution is 0.369. The summed E-state index contributed by atoms with van der Waals surface area (Å²) in [6, 6.07) is 30.1. The lowest BCUT2D eigenvalue weighted by Gasteiger charge is -2.21. The lowest BCUT2D eigenvalue weighted by atomic mass is 9.99. The van der Waals surface area contributed by atoms with E-state index in [1.165, 1.54) is 0 Å². The van der Waals surface area contributed by atoms with E-state index in [1.807, 2.05) is 85.1 Å². The molecule has 37 heavy (non-hydrogen) atoms. The van der Waals surface area contributed by atoms with E-state index in [9.17, 15) is 5.26 Å². The second kappa shape index (κ2) is 11.0. The minimum absolute atomic E-state index is 0.0253. The van der Waals surface area contributed by atoms with Crippen LogP contribution in [0.15, 0.2) is 85.1 Å². The fourth-order valence-electron chi connectivity index (χ4n) is 4.59. The van der Waals surface area contributed by atoms with Crippen LogP contribution in [0.4, 0.5) is 0 Å². The molecule has 0 N–H and O–H groups in total. The first-order chi connectivity index (χ1) is 18.2. The summed E-state index contributed by atoms with van der Waals surface area (Å²) in [6.07, 6.45) is 7.11. The molecule has 0 bridgehead atoms. The van der Waals surface area contributed by atoms with Gasteiger partial charge in [-0.2, -0.15) is 10.5 Å². The van der Waals surface area contributed by atoms with Gasteiger partial charge in [0, 0.05) is 28.4 Å². The average molecular weight is 503 g/mol. The van der Waals surface area contributed by atoms with Crippen molar-refractivity contribution in [2.75, 3.05) is 6.61 Å². The van der Waals surface area contributed by atoms with E-state index in [4.69, 9.17) is 26.6 Å². The molecular formula is C31H23ClN4O. The Morgan fingerprint density at radius 3 is 2.65 bits per heavy atom. The number of benzene rings is 3. The highest BCUT2D eigenvalue weighted by Gasteiger charge is 2.18. The lowest BCUT2D eigenvalue weighted by Crippen LogP contribution is -2.10. The van der Waals surface area contributed by atoms with E-state index in [0.717, 1.165) is 38.6 Å². The minimum atomic E-state index is -0.0710. The number of ether oxygens (including phenoxy) is 1. The van der Waals surface area contributed by atoms with Crippen molar-refractivity contribution in [3.8, 4) is 17.9 Å². The highest BCUT2D eigenvalue weighted by Crippen LogP contribution is 2.34. The van der Waals surface area contributed by atoms with Gasteiger partial charge >= 0.3 is 0 Å². The Morgan fingerprint density at radius 2 is 1.78 bits per heavy atom. The number of nitrogens with zero attached hydrogens (tertiary/aromatic N) is 4. The molecule has 3 aromatic carbocycles. The van der Waals surface area contributed by atoms with E-state index in [2.05, 4.69) is 28.8 Å². The van der Waals surface area contributed by atoms with E-state index in [0.29, 0.717) is 23.6 Å². The number of aromatic nitrogens is 2. The van der Waals surface area contributed by atoms with Gasteiger partial charge in [-0.1, -0.05) is 60.1 Å². The Kier molecular flexibility index (Phi) is 7.17. The maximum Gasteiger partial charge on any atom is 0.174 e. The number of nitriles is 2. The molecule has 0 fully saturated rings. The second-order valence-electron chi connectivity index (χ2n) is 8.65. The Balaban J connectivity index is 1.50. The van der Waals surface area contributed by atoms with Crippen LogP contribution < -0.4 is 4.74 Å². The molecule has 5 rings (SSSR count). The SMILES string of the molecule is N#CCC[C@H](c1cccc(/C=C/c2ccc3ccc(Cl)cc3n2)c1)n1ccc2cccc(OCC#N)c21. The number of pyridine rings is 1. The van der Waals surface area contributed by atoms with Gasteiger partial charge in [0.1, 0.15) is 11.8 Å². The van der Waals surface area contributed by atoms with E-state index in [-0.39, 0.29) is 12.6 Å². The van der Waals surface area contributed by atoms with Gasteiger partial charge in [0.25, 0.3) is 0 Å². The van der Waals surface area contributed by atoms with Gasteiger partial charge in [-0.3, -0.25) is 0 Å². The van der Waals surface area contributed by atoms with Gasteiger partial charge in [-0.25, -0.2) is 4.98 Å². The number of hydrogen-bond acceptors (Lipinski definition) is 4. The van der Waals surface area contributed by atoms with Gasteiger partial charge in [0.15, 0.2) is 6.61 Å². The number of fused-ring (bicyclic) bond motifs is 2. The topological polar surface area (TPSA) is 74.6 Å². The Hall–Kier alpha value is -4.58. The molecule has 0 saturated heterocycles. The smallest absolute Gasteiger partial charge is 0.174 e. The summed E-state index contributed by atoms with van der Waals surface area (Å²) in [5.41, 5.74) is 4.74. The van der Waals surface area contributed by atoms with Gasteiger partial charge in [0.05, 0.1) is 28.8 Å². The molecule has 0 aliphatic carbocycles. The minimum Gasteiger partial charge on any atom is -0.477 e. The standard InChI is InChI=1S/C31H23ClN4O/c32-26-12-10-23-11-14-27(35-28(23)21-26)13-9-22-4-1-6-25(20-22)29(7-3-16-33)36-18-15-24-5-2-8-30(31(24)36)37-19-17-34/h1-2,4-6,8-15,18,20-21,29H,3,7,19H2/b13-9+/t29-/m1/s1. The predicted octanol–water partition coefficient (Wildman–Crippen LogP) is 7.81. The molecule has 5 nitrogen and oxygen atoms in total. The third-order valence-electron chi connectivity index (χ3n) is 6.28. The summed E-state index contributed by atoms with van der Waals surface area (Å²) < 4.78 is 7.88. The number of para-hydroxylation sites is 1. The van der Waals surface area contributed by atoms with Crippen LogP contribution in [0.5, 0.6) is 5.75 Å². The van der Waals surface area contributed by atoms with Crippen LogP contribution in [-0.4, -0.2) is 16.2 Å². The largest absolute Gasteiger partial charge is 0.477 e. The van der Waals surface area contributed by atoms with Gasteiger partial charge in [-0.05, 0) is 60.0 Å². The van der Waals surface area contributed by atoms with E-state index < -0.39 is 0 Å². The molecule has 180 valence electrons. The molecular weight excluding hydrogens is 480 g/mol. The van der Waals surface area contributed by atoms with Crippen LogP contribution in [0.2, 0.25) is 5.02 Å². The fourth-order valence-corrected chi connectivity index (χ4v) is 4.76. The first-order valence-corrected chi connectivity index (χ1v) is 12.3. The normalized spacial score (nSPS) is 12.0. The number of hydrogen-bond donors (Lipinski definition) is 0. The fraction of sp³-hybridized carbons (Fsp3) is 0.129. The van der Waals surface area contributed by atoms with Crippen molar-refractivity contribution in [2.45, 2.75) is 18.9 Å². The molecule has 0 aliphatic rings. The van der Waals surface area contributed by atoms with Crippen molar-refractivity contribution in [1.29, 1.82) is 10.5 Å². The van der Waals surface area contributed by atoms with Crippen molar-refractivity contribution in [3.63, 3.8) is 0 Å². The van der Waals surface area contributed by atoms with Crippen LogP contribution in [0, 0.1) is 22.7 Å². The summed E-state index contributed by atoms with van der Waals surface area (Å²) in [7, 11) is 0. The highest BCUT2D eigenvalue weighted by molar-refractivity contribution is 6.31. The molecule has 0 amide bonds. The molecule has 0 radical (unpaired) electrons. The number of rotatable bonds is 8. The molecule has 0 aliphatic heterocycles. The van der Waals surface area contributed by atoms with Crippen molar-refractivity contribution in [1.82, 2.24) is 9.55 Å². The summed E-state index contributed by atoms with van der Waals surface area (Å²) in [5, 5.41) is 21.1. The molecule has 0 unspecified atom stereocenters. The molecule has 0 saturated carbocycles. The Bertz CT molecular complexity index is 1690. The second-order valence-corrected chi connectivity index (χ2v) is 9.09. The summed E-state index contributed by atoms with van der Waals surface area (Å²) in [4.78, 5) is 4.71. The Labute approximate surface area is 220 Å². The van der Waals surface area contributed by atoms with E-state index >= 15 is 0 Å². The van der Waals surface area contributed by atoms with Gasteiger partial charge < -0.3 is 9.30 Å². The first-order valence-electron chi connectivity index (χ1n) is 12.0. The van der Waals surface area contributed by atoms with E-state index in [1.54, 1.807) is 0 Å². The average Bonchev–Trinajstić information content (AvgIpc) is 3.35. The molecule has 0 spiro atoms. The van der Waals surface area contributed by atoms with Crippen LogP contribution in [0.25, 0.3) is 34.0 Å². The molecule has 1 atom stereocenters. The van der Waals surface area contributed by atoms with Gasteiger partial charge in [-0.15, -0.1) is 0 Å². The molecule has 5 aromatic rings. The third-order valence-corrected chi connectivity index (χ3v) is 6.51. The zero-order valence-electron chi connectivity index (χ0n) is 20.0. The summed E-state index contributed by atoms with van der Waals surface area (Å²) in [5.74, 6) is 0.657. The zero-order valence-corrected chi connectivity index (χ0v) is 20.8. The molecule has 2 heterocycles. The maximum atomic E-state index is 9.35. The van der Waals surface area contributed by atoms with Gasteiger partial charge in [0.2, 0.25) is 0 Å². The molecule has 2 aromatic heterocycles. The van der Waals surface area contributed by atoms with Crippen molar-refractivity contribution in [2.24, 2.45) is 0 Å². The van der Waals surface area contributed by atoms with Crippen LogP contribution in [-0.2, 0) is 0 Å². The highest BCUT2D eigenvalue weighted by atomic mass is 35.5. The summed E-state index contributed by atoms with van der Waals surface area (Å²) in [6.45, 7) is -0.0253. The quantitative estimate of drug-likeness (QED) is 0.217. The first kappa shape index (κ1) is 24.1. The maximum absolute atomic E-state index is 9.35. The van der Waals surface area contributed by atoms with Crippen molar-refractivity contribution >= 4 is 45.6 Å². The zero-order chi connectivity index (χ0) is 25.6. The molecule has 6 heteroatoms. The number of halogens is 1. The van der Waals surface area contributed by atoms with Crippen LogP contribution in [0.3, 0.4) is 0 Å². The third kappa shape index (κ3) is 5.33. The van der Waals surface area contributed by atoms with Crippen molar-refractivity contribution < 1.29 is 4.74 Å². The van der Waals surface area contributed by atoms with Crippen LogP contribution in [0.1, 0.15) is 35.7 Å². The summed E-state index contributed by atoms with van der Waals surface area (Å²) >= 11 is 6.14. The Morgan fingerprint density at radius 1 is 0.919 bits per heavy atom. The monoisotopic (exact) mass is 502 g/mol.